The normalized spacial score (nSPS) is 18.8. The van der Waals surface area contributed by atoms with Gasteiger partial charge in [0, 0.05) is 29.7 Å². The van der Waals surface area contributed by atoms with Crippen molar-refractivity contribution in [3.05, 3.63) is 178 Å². The van der Waals surface area contributed by atoms with Crippen LogP contribution in [0.1, 0.15) is 51.8 Å². The molecular formula is C47H49Br2N3O6. The van der Waals surface area contributed by atoms with Crippen molar-refractivity contribution < 1.29 is 28.6 Å². The lowest BCUT2D eigenvalue weighted by molar-refractivity contribution is 0.153. The molecule has 3 heterocycles. The van der Waals surface area contributed by atoms with Crippen LogP contribution in [-0.2, 0) is 50.8 Å². The molecule has 0 saturated carbocycles. The molecule has 5 aromatic carbocycles. The highest BCUT2D eigenvalue weighted by atomic mass is 79.9. The Hall–Kier alpha value is -5.13. The highest BCUT2D eigenvalue weighted by molar-refractivity contribution is 9.09. The number of carbonyl (C=O) groups is 3. The fraction of sp³-hybridized carbons (Fsp3) is 0.298. The van der Waals surface area contributed by atoms with Crippen LogP contribution < -0.4 is 5.32 Å². The van der Waals surface area contributed by atoms with E-state index in [1.807, 2.05) is 95.9 Å². The minimum absolute atomic E-state index is 0.0273. The van der Waals surface area contributed by atoms with Gasteiger partial charge in [0.1, 0.15) is 19.8 Å². The molecule has 0 aromatic heterocycles. The molecule has 9 nitrogen and oxygen atoms in total. The minimum atomic E-state index is -0.305. The maximum Gasteiger partial charge on any atom is 0.410 e. The van der Waals surface area contributed by atoms with Crippen molar-refractivity contribution >= 4 is 50.1 Å². The van der Waals surface area contributed by atoms with Crippen molar-refractivity contribution in [3.8, 4) is 0 Å². The Labute approximate surface area is 357 Å². The van der Waals surface area contributed by atoms with E-state index in [0.717, 1.165) is 34.6 Å². The van der Waals surface area contributed by atoms with Crippen molar-refractivity contribution in [2.45, 2.75) is 67.6 Å². The summed E-state index contributed by atoms with van der Waals surface area (Å²) < 4.78 is 15.7. The largest absolute Gasteiger partial charge is 0.447 e. The van der Waals surface area contributed by atoms with E-state index < -0.39 is 0 Å². The van der Waals surface area contributed by atoms with E-state index in [0.29, 0.717) is 32.9 Å². The van der Waals surface area contributed by atoms with E-state index in [1.54, 1.807) is 4.90 Å². The van der Waals surface area contributed by atoms with Crippen molar-refractivity contribution in [1.82, 2.24) is 15.1 Å². The third kappa shape index (κ3) is 11.7. The summed E-state index contributed by atoms with van der Waals surface area (Å²) in [4.78, 5) is 39.6. The van der Waals surface area contributed by atoms with Gasteiger partial charge in [-0.05, 0) is 51.8 Å². The number of hydrogen-bond acceptors (Lipinski definition) is 6. The van der Waals surface area contributed by atoms with Crippen LogP contribution in [0.5, 0.6) is 0 Å². The first-order valence-electron chi connectivity index (χ1n) is 19.5. The van der Waals surface area contributed by atoms with E-state index in [2.05, 4.69) is 92.6 Å². The smallest absolute Gasteiger partial charge is 0.410 e. The van der Waals surface area contributed by atoms with Crippen LogP contribution in [0.4, 0.5) is 14.4 Å². The van der Waals surface area contributed by atoms with Crippen LogP contribution in [0.3, 0.4) is 0 Å². The molecule has 58 heavy (non-hydrogen) atoms. The Morgan fingerprint density at radius 3 is 1.57 bits per heavy atom. The monoisotopic (exact) mass is 909 g/mol. The van der Waals surface area contributed by atoms with Gasteiger partial charge in [0.25, 0.3) is 0 Å². The number of alkyl halides is 2. The van der Waals surface area contributed by atoms with E-state index in [-0.39, 0.29) is 42.3 Å². The molecule has 5 aromatic rings. The SMILES string of the molecule is BrCc1ccccc1CBr.CC(c1ccccc1)[C@H]1COC(=O)N1Cc1ccccc1CN1C(=O)OC[C@@H]1Cc1ccccc1.O=C1N[C@@H](Cc2ccccc2)CO1. The molecule has 3 fully saturated rings. The predicted octanol–water partition coefficient (Wildman–Crippen LogP) is 10.2. The quantitative estimate of drug-likeness (QED) is 0.0989. The van der Waals surface area contributed by atoms with Gasteiger partial charge in [0.05, 0.1) is 18.1 Å². The predicted molar refractivity (Wildman–Crippen MR) is 233 cm³/mol. The number of halogens is 2. The van der Waals surface area contributed by atoms with Crippen LogP contribution in [-0.4, -0.2) is 66.0 Å². The van der Waals surface area contributed by atoms with Crippen LogP contribution in [0, 0.1) is 0 Å². The van der Waals surface area contributed by atoms with E-state index >= 15 is 0 Å². The summed E-state index contributed by atoms with van der Waals surface area (Å²) >= 11 is 6.86. The Morgan fingerprint density at radius 2 is 1.03 bits per heavy atom. The van der Waals surface area contributed by atoms with Gasteiger partial charge in [-0.3, -0.25) is 9.80 Å². The molecule has 3 aliphatic heterocycles. The van der Waals surface area contributed by atoms with Crippen LogP contribution in [0.2, 0.25) is 0 Å². The minimum Gasteiger partial charge on any atom is -0.447 e. The maximum atomic E-state index is 12.7. The molecule has 302 valence electrons. The zero-order valence-corrected chi connectivity index (χ0v) is 35.7. The third-order valence-electron chi connectivity index (χ3n) is 10.6. The highest BCUT2D eigenvalue weighted by Crippen LogP contribution is 2.30. The van der Waals surface area contributed by atoms with Crippen molar-refractivity contribution in [2.75, 3.05) is 19.8 Å². The lowest BCUT2D eigenvalue weighted by Crippen LogP contribution is -2.38. The lowest BCUT2D eigenvalue weighted by atomic mass is 9.92. The van der Waals surface area contributed by atoms with Gasteiger partial charge in [0.2, 0.25) is 0 Å². The Morgan fingerprint density at radius 1 is 0.569 bits per heavy atom. The number of carbonyl (C=O) groups excluding carboxylic acids is 3. The Balaban J connectivity index is 0.000000199. The first-order valence-corrected chi connectivity index (χ1v) is 21.8. The number of nitrogens with one attached hydrogen (secondary N) is 1. The molecule has 0 aliphatic carbocycles. The van der Waals surface area contributed by atoms with Gasteiger partial charge < -0.3 is 19.5 Å². The van der Waals surface area contributed by atoms with Crippen molar-refractivity contribution in [2.24, 2.45) is 0 Å². The average molecular weight is 912 g/mol. The molecule has 1 unspecified atom stereocenters. The summed E-state index contributed by atoms with van der Waals surface area (Å²) in [5, 5.41) is 4.62. The van der Waals surface area contributed by atoms with Gasteiger partial charge >= 0.3 is 18.3 Å². The number of nitrogens with zero attached hydrogens (tertiary/aromatic N) is 2. The van der Waals surface area contributed by atoms with Crippen molar-refractivity contribution in [3.63, 3.8) is 0 Å². The second-order valence-corrected chi connectivity index (χ2v) is 15.6. The molecule has 4 atom stereocenters. The van der Waals surface area contributed by atoms with Gasteiger partial charge in [-0.25, -0.2) is 14.4 Å². The van der Waals surface area contributed by atoms with E-state index in [1.165, 1.54) is 27.8 Å². The fourth-order valence-electron chi connectivity index (χ4n) is 7.26. The number of cyclic esters (lactones) is 3. The number of benzene rings is 5. The van der Waals surface area contributed by atoms with Gasteiger partial charge in [-0.1, -0.05) is 178 Å². The van der Waals surface area contributed by atoms with Gasteiger partial charge in [-0.15, -0.1) is 0 Å². The summed E-state index contributed by atoms with van der Waals surface area (Å²) in [6.45, 7) is 4.24. The summed E-state index contributed by atoms with van der Waals surface area (Å²) in [5.74, 6) is 0.138. The maximum absolute atomic E-state index is 12.7. The topological polar surface area (TPSA) is 97.4 Å². The molecule has 1 N–H and O–H groups in total. The molecule has 11 heteroatoms. The van der Waals surface area contributed by atoms with E-state index in [4.69, 9.17) is 14.2 Å². The fourth-order valence-corrected chi connectivity index (χ4v) is 8.36. The molecular weight excluding hydrogens is 862 g/mol. The molecule has 0 bridgehead atoms. The van der Waals surface area contributed by atoms with Crippen LogP contribution >= 0.6 is 31.9 Å². The molecule has 0 radical (unpaired) electrons. The highest BCUT2D eigenvalue weighted by Gasteiger charge is 2.38. The molecule has 0 spiro atoms. The summed E-state index contributed by atoms with van der Waals surface area (Å²) in [7, 11) is 0. The molecule has 3 aliphatic rings. The third-order valence-corrected chi connectivity index (χ3v) is 11.8. The number of hydrogen-bond donors (Lipinski definition) is 1. The second kappa shape index (κ2) is 21.6. The number of amides is 3. The lowest BCUT2D eigenvalue weighted by Gasteiger charge is -2.28. The molecule has 3 saturated heterocycles. The van der Waals surface area contributed by atoms with Gasteiger partial charge in [0.15, 0.2) is 0 Å². The Bertz CT molecular complexity index is 2050. The first-order chi connectivity index (χ1) is 28.3. The molecule has 3 amide bonds. The number of rotatable bonds is 12. The van der Waals surface area contributed by atoms with Crippen LogP contribution in [0.15, 0.2) is 140 Å². The summed E-state index contributed by atoms with van der Waals surface area (Å²) in [6, 6.07) is 46.8. The standard InChI is InChI=1S/C29H30N2O4.C10H11NO2.C8H8Br2/c1-21(23-12-6-3-7-13-23)27-20-35-29(33)31(27)18-25-15-9-8-14-24(25)17-30-26(19-34-28(30)32)16-22-10-4-2-5-11-22;12-10-11-9(7-13-10)6-8-4-2-1-3-5-8;9-5-7-3-1-2-4-8(7)6-10/h2-15,21,26-27H,16-20H2,1H3;1-5,9H,6-7H2,(H,11,12);1-4H,5-6H2/t21?,26-,27+;9-;/m00./s1. The Kier molecular flexibility index (Phi) is 15.8. The number of ether oxygens (including phenoxy) is 3. The number of alkyl carbamates (subject to hydrolysis) is 1. The van der Waals surface area contributed by atoms with E-state index in [9.17, 15) is 14.4 Å². The van der Waals surface area contributed by atoms with Crippen LogP contribution in [0.25, 0.3) is 0 Å². The summed E-state index contributed by atoms with van der Waals surface area (Å²) in [6.07, 6.45) is 0.684. The summed E-state index contributed by atoms with van der Waals surface area (Å²) in [5.41, 5.74) is 8.31. The van der Waals surface area contributed by atoms with Gasteiger partial charge in [-0.2, -0.15) is 0 Å². The second-order valence-electron chi connectivity index (χ2n) is 14.5. The first kappa shape index (κ1) is 42.5. The van der Waals surface area contributed by atoms with Crippen molar-refractivity contribution in [1.29, 1.82) is 0 Å². The zero-order valence-electron chi connectivity index (χ0n) is 32.6. The average Bonchev–Trinajstić information content (AvgIpc) is 3.96. The molecule has 8 rings (SSSR count). The zero-order chi connectivity index (χ0) is 40.7.